The Kier molecular flexibility index (Phi) is 7.14. The molecule has 0 radical (unpaired) electrons. The number of nitrogens with one attached hydrogen (secondary N) is 1. The smallest absolute Gasteiger partial charge is 0.281 e. The zero-order valence-corrected chi connectivity index (χ0v) is 22.5. The molecule has 1 fully saturated rings. The second-order valence-corrected chi connectivity index (χ2v) is 11.7. The summed E-state index contributed by atoms with van der Waals surface area (Å²) in [7, 11) is -4.26. The molecule has 3 N–H and O–H groups in total. The Bertz CT molecular complexity index is 1420. The van der Waals surface area contributed by atoms with Crippen LogP contribution in [0.3, 0.4) is 0 Å². The number of nitrogens with zero attached hydrogens (tertiary/aromatic N) is 3. The van der Waals surface area contributed by atoms with E-state index in [2.05, 4.69) is 40.4 Å². The fraction of sp³-hybridized carbons (Fsp3) is 0.370. The van der Waals surface area contributed by atoms with Crippen molar-refractivity contribution >= 4 is 27.6 Å². The van der Waals surface area contributed by atoms with Gasteiger partial charge in [0.25, 0.3) is 15.9 Å². The lowest BCUT2D eigenvalue weighted by atomic mass is 9.90. The summed E-state index contributed by atoms with van der Waals surface area (Å²) < 4.78 is 33.9. The average molecular weight is 524 g/mol. The van der Waals surface area contributed by atoms with Crippen LogP contribution in [0, 0.1) is 5.92 Å². The summed E-state index contributed by atoms with van der Waals surface area (Å²) in [4.78, 5) is 24.2. The number of ether oxygens (including phenoxy) is 1. The van der Waals surface area contributed by atoms with Crippen LogP contribution in [0.2, 0.25) is 0 Å². The third kappa shape index (κ3) is 5.53. The van der Waals surface area contributed by atoms with Crippen molar-refractivity contribution in [3.63, 3.8) is 0 Å². The van der Waals surface area contributed by atoms with Crippen LogP contribution in [-0.2, 0) is 10.0 Å². The Labute approximate surface area is 218 Å². The van der Waals surface area contributed by atoms with Crippen LogP contribution in [-0.4, -0.2) is 42.5 Å². The molecule has 0 spiro atoms. The molecule has 4 rings (SSSR count). The summed E-state index contributed by atoms with van der Waals surface area (Å²) in [6.07, 6.45) is 2.63. The molecule has 0 saturated carbocycles. The number of amides is 1. The number of carbonyl (C=O) groups is 1. The van der Waals surface area contributed by atoms with E-state index in [1.807, 2.05) is 38.1 Å². The number of pyridine rings is 2. The minimum atomic E-state index is -4.26. The van der Waals surface area contributed by atoms with E-state index < -0.39 is 15.9 Å². The number of anilines is 2. The molecule has 10 heteroatoms. The highest BCUT2D eigenvalue weighted by molar-refractivity contribution is 7.90. The van der Waals surface area contributed by atoms with Gasteiger partial charge in [0.15, 0.2) is 5.03 Å². The van der Waals surface area contributed by atoms with Gasteiger partial charge >= 0.3 is 0 Å². The third-order valence-corrected chi connectivity index (χ3v) is 8.07. The minimum absolute atomic E-state index is 0.00215. The number of sulfonamides is 1. The van der Waals surface area contributed by atoms with Crippen LogP contribution in [0.15, 0.2) is 59.8 Å². The second kappa shape index (κ2) is 10.0. The molecule has 0 bridgehead atoms. The van der Waals surface area contributed by atoms with Gasteiger partial charge in [0, 0.05) is 23.8 Å². The topological polar surface area (TPSA) is 128 Å². The molecular weight excluding hydrogens is 490 g/mol. The predicted molar refractivity (Wildman–Crippen MR) is 144 cm³/mol. The van der Waals surface area contributed by atoms with E-state index in [4.69, 9.17) is 10.5 Å². The van der Waals surface area contributed by atoms with Gasteiger partial charge in [-0.25, -0.2) is 14.7 Å². The molecule has 2 aromatic heterocycles. The molecule has 1 amide bonds. The quantitative estimate of drug-likeness (QED) is 0.470. The largest absolute Gasteiger partial charge is 0.491 e. The lowest BCUT2D eigenvalue weighted by Gasteiger charge is -2.36. The minimum Gasteiger partial charge on any atom is -0.491 e. The number of rotatable bonds is 7. The molecular formula is C27H33N5O4S. The molecule has 9 nitrogen and oxygen atoms in total. The van der Waals surface area contributed by atoms with Gasteiger partial charge in [0.1, 0.15) is 17.4 Å². The van der Waals surface area contributed by atoms with E-state index in [0.29, 0.717) is 29.6 Å². The van der Waals surface area contributed by atoms with Gasteiger partial charge in [0.05, 0.1) is 11.7 Å². The van der Waals surface area contributed by atoms with Crippen LogP contribution in [0.25, 0.3) is 11.1 Å². The van der Waals surface area contributed by atoms with Gasteiger partial charge in [-0.1, -0.05) is 25.1 Å². The summed E-state index contributed by atoms with van der Waals surface area (Å²) >= 11 is 0. The summed E-state index contributed by atoms with van der Waals surface area (Å²) in [6, 6.07) is 13.4. The molecule has 1 atom stereocenters. The van der Waals surface area contributed by atoms with Crippen LogP contribution in [0.4, 0.5) is 11.6 Å². The SMILES string of the molecule is CC(C)Oc1cccc(-c2cnc(N3CCC(C)C3(C)C)c(C(=O)NS(=O)(=O)c3cccc(N)n3)c2)c1. The van der Waals surface area contributed by atoms with E-state index >= 15 is 0 Å². The normalized spacial score (nSPS) is 17.1. The summed E-state index contributed by atoms with van der Waals surface area (Å²) in [6.45, 7) is 10.9. The van der Waals surface area contributed by atoms with Crippen molar-refractivity contribution in [1.29, 1.82) is 0 Å². The molecule has 196 valence electrons. The highest BCUT2D eigenvalue weighted by atomic mass is 32.2. The summed E-state index contributed by atoms with van der Waals surface area (Å²) in [5, 5.41) is -0.333. The fourth-order valence-electron chi connectivity index (χ4n) is 4.44. The van der Waals surface area contributed by atoms with E-state index in [-0.39, 0.29) is 28.1 Å². The van der Waals surface area contributed by atoms with Crippen molar-refractivity contribution in [2.45, 2.75) is 57.7 Å². The number of carbonyl (C=O) groups excluding carboxylic acids is 1. The molecule has 1 aliphatic heterocycles. The van der Waals surface area contributed by atoms with Crippen molar-refractivity contribution in [2.24, 2.45) is 5.92 Å². The number of nitrogens with two attached hydrogens (primary N) is 1. The van der Waals surface area contributed by atoms with Crippen LogP contribution >= 0.6 is 0 Å². The van der Waals surface area contributed by atoms with Gasteiger partial charge < -0.3 is 15.4 Å². The summed E-state index contributed by atoms with van der Waals surface area (Å²) in [5.41, 5.74) is 6.99. The number of benzene rings is 1. The van der Waals surface area contributed by atoms with Gasteiger partial charge in [0.2, 0.25) is 0 Å². The van der Waals surface area contributed by atoms with Crippen LogP contribution in [0.1, 0.15) is 51.4 Å². The maximum atomic E-state index is 13.5. The maximum Gasteiger partial charge on any atom is 0.281 e. The number of hydrogen-bond acceptors (Lipinski definition) is 8. The Morgan fingerprint density at radius 2 is 1.89 bits per heavy atom. The van der Waals surface area contributed by atoms with Gasteiger partial charge in [-0.2, -0.15) is 8.42 Å². The molecule has 1 unspecified atom stereocenters. The molecule has 1 aliphatic rings. The number of hydrogen-bond donors (Lipinski definition) is 2. The molecule has 3 heterocycles. The van der Waals surface area contributed by atoms with E-state index in [9.17, 15) is 13.2 Å². The van der Waals surface area contributed by atoms with E-state index in [0.717, 1.165) is 12.0 Å². The van der Waals surface area contributed by atoms with Gasteiger partial charge in [-0.3, -0.25) is 4.79 Å². The van der Waals surface area contributed by atoms with Crippen molar-refractivity contribution in [1.82, 2.24) is 14.7 Å². The Morgan fingerprint density at radius 3 is 2.54 bits per heavy atom. The Morgan fingerprint density at radius 1 is 1.16 bits per heavy atom. The van der Waals surface area contributed by atoms with Gasteiger partial charge in [-0.05, 0) is 75.9 Å². The van der Waals surface area contributed by atoms with Crippen molar-refractivity contribution in [3.05, 3.63) is 60.3 Å². The van der Waals surface area contributed by atoms with Crippen LogP contribution in [0.5, 0.6) is 5.75 Å². The monoisotopic (exact) mass is 523 g/mol. The van der Waals surface area contributed by atoms with Crippen LogP contribution < -0.4 is 20.1 Å². The van der Waals surface area contributed by atoms with E-state index in [1.54, 1.807) is 12.3 Å². The first-order chi connectivity index (χ1) is 17.4. The molecule has 1 aromatic carbocycles. The molecule has 3 aromatic rings. The highest BCUT2D eigenvalue weighted by Crippen LogP contribution is 2.39. The van der Waals surface area contributed by atoms with Gasteiger partial charge in [-0.15, -0.1) is 0 Å². The zero-order chi connectivity index (χ0) is 27.0. The maximum absolute atomic E-state index is 13.5. The van der Waals surface area contributed by atoms with Crippen molar-refractivity contribution in [3.8, 4) is 16.9 Å². The number of aromatic nitrogens is 2. The summed E-state index contributed by atoms with van der Waals surface area (Å²) in [5.74, 6) is 0.720. The average Bonchev–Trinajstić information content (AvgIpc) is 3.10. The molecule has 37 heavy (non-hydrogen) atoms. The molecule has 0 aliphatic carbocycles. The van der Waals surface area contributed by atoms with Crippen molar-refractivity contribution < 1.29 is 17.9 Å². The first kappa shape index (κ1) is 26.4. The standard InChI is InChI=1S/C27H33N5O4S/c1-17(2)36-21-9-6-8-19(14-21)20-15-22(25(29-16-20)32-13-12-18(3)27(32,4)5)26(33)31-37(34,35)24-11-7-10-23(28)30-24/h6-11,14-18H,12-13H2,1-5H3,(H2,28,30)(H,31,33). The lowest BCUT2D eigenvalue weighted by molar-refractivity contribution is 0.0981. The Hall–Kier alpha value is -3.66. The van der Waals surface area contributed by atoms with Crippen molar-refractivity contribution in [2.75, 3.05) is 17.2 Å². The number of nitrogen functional groups attached to an aromatic ring is 1. The third-order valence-electron chi connectivity index (χ3n) is 6.84. The Balaban J connectivity index is 1.78. The predicted octanol–water partition coefficient (Wildman–Crippen LogP) is 4.26. The molecule has 1 saturated heterocycles. The second-order valence-electron chi connectivity index (χ2n) is 10.1. The zero-order valence-electron chi connectivity index (χ0n) is 21.7. The first-order valence-electron chi connectivity index (χ1n) is 12.2. The fourth-order valence-corrected chi connectivity index (χ4v) is 5.38. The highest BCUT2D eigenvalue weighted by Gasteiger charge is 2.41. The first-order valence-corrected chi connectivity index (χ1v) is 13.7. The lowest BCUT2D eigenvalue weighted by Crippen LogP contribution is -2.43. The van der Waals surface area contributed by atoms with E-state index in [1.165, 1.54) is 18.2 Å².